The van der Waals surface area contributed by atoms with Crippen molar-refractivity contribution in [2.45, 2.75) is 71.5 Å². The number of hydrogen-bond donors (Lipinski definition) is 0. The third-order valence-electron chi connectivity index (χ3n) is 7.56. The highest BCUT2D eigenvalue weighted by Gasteiger charge is 2.49. The molecule has 2 aromatic carbocycles. The van der Waals surface area contributed by atoms with Gasteiger partial charge < -0.3 is 9.64 Å². The Labute approximate surface area is 203 Å². The van der Waals surface area contributed by atoms with Crippen LogP contribution in [0, 0.1) is 11.3 Å². The van der Waals surface area contributed by atoms with Crippen molar-refractivity contribution >= 4 is 17.6 Å². The number of aliphatic imine (C=N–C) groups is 1. The van der Waals surface area contributed by atoms with Gasteiger partial charge in [0.25, 0.3) is 5.91 Å². The monoisotopic (exact) mass is 460 g/mol. The summed E-state index contributed by atoms with van der Waals surface area (Å²) in [5, 5.41) is 0. The van der Waals surface area contributed by atoms with Crippen molar-refractivity contribution in [3.63, 3.8) is 0 Å². The number of aryl methyl sites for hydroxylation is 1. The number of methoxy groups -OCH3 is 1. The van der Waals surface area contributed by atoms with Crippen LogP contribution in [0.5, 0.6) is 0 Å². The first kappa shape index (κ1) is 24.2. The van der Waals surface area contributed by atoms with Crippen molar-refractivity contribution < 1.29 is 14.3 Å². The van der Waals surface area contributed by atoms with Crippen LogP contribution in [0.25, 0.3) is 0 Å². The van der Waals surface area contributed by atoms with Crippen LogP contribution in [0.3, 0.4) is 0 Å². The van der Waals surface area contributed by atoms with Crippen molar-refractivity contribution in [3.05, 3.63) is 71.3 Å². The van der Waals surface area contributed by atoms with E-state index in [0.29, 0.717) is 30.2 Å². The Hall–Kier alpha value is -2.95. The molecule has 0 N–H and O–H groups in total. The van der Waals surface area contributed by atoms with E-state index in [9.17, 15) is 9.59 Å². The average molecular weight is 461 g/mol. The number of amides is 1. The highest BCUT2D eigenvalue weighted by molar-refractivity contribution is 6.40. The SMILES string of the molecule is COC(=O)c1ccc(CN2C(=O)C(CCc3ccccc3)=NC23CCC(C(C)(C)C)CC3)cc1. The molecule has 34 heavy (non-hydrogen) atoms. The molecule has 1 spiro atoms. The molecule has 1 aliphatic carbocycles. The largest absolute Gasteiger partial charge is 0.465 e. The predicted octanol–water partition coefficient (Wildman–Crippen LogP) is 5.82. The summed E-state index contributed by atoms with van der Waals surface area (Å²) in [5.74, 6) is 0.340. The number of ether oxygens (including phenoxy) is 1. The fourth-order valence-electron chi connectivity index (χ4n) is 5.37. The first-order chi connectivity index (χ1) is 16.2. The molecular weight excluding hydrogens is 424 g/mol. The van der Waals surface area contributed by atoms with Crippen molar-refractivity contribution in [1.82, 2.24) is 4.90 Å². The molecule has 1 aliphatic heterocycles. The van der Waals surface area contributed by atoms with Gasteiger partial charge in [0, 0.05) is 6.54 Å². The molecular formula is C29H36N2O3. The van der Waals surface area contributed by atoms with Crippen LogP contribution in [-0.2, 0) is 22.5 Å². The Morgan fingerprint density at radius 1 is 1.00 bits per heavy atom. The quantitative estimate of drug-likeness (QED) is 0.510. The van der Waals surface area contributed by atoms with Crippen LogP contribution >= 0.6 is 0 Å². The van der Waals surface area contributed by atoms with Crippen molar-refractivity contribution in [2.24, 2.45) is 16.3 Å². The number of nitrogens with zero attached hydrogens (tertiary/aromatic N) is 2. The Balaban J connectivity index is 1.55. The number of carbonyl (C=O) groups is 2. The molecule has 0 unspecified atom stereocenters. The van der Waals surface area contributed by atoms with Crippen LogP contribution in [0.4, 0.5) is 0 Å². The maximum absolute atomic E-state index is 13.6. The Kier molecular flexibility index (Phi) is 6.92. The number of hydrogen-bond acceptors (Lipinski definition) is 4. The van der Waals surface area contributed by atoms with E-state index in [1.165, 1.54) is 12.7 Å². The zero-order valence-corrected chi connectivity index (χ0v) is 20.8. The van der Waals surface area contributed by atoms with Crippen molar-refractivity contribution in [3.8, 4) is 0 Å². The highest BCUT2D eigenvalue weighted by atomic mass is 16.5. The van der Waals surface area contributed by atoms with Gasteiger partial charge in [0.05, 0.1) is 12.7 Å². The molecule has 1 saturated carbocycles. The zero-order valence-electron chi connectivity index (χ0n) is 20.8. The van der Waals surface area contributed by atoms with Crippen LogP contribution in [0.15, 0.2) is 59.6 Å². The van der Waals surface area contributed by atoms with Gasteiger partial charge in [0.15, 0.2) is 0 Å². The van der Waals surface area contributed by atoms with Gasteiger partial charge in [0.1, 0.15) is 11.4 Å². The summed E-state index contributed by atoms with van der Waals surface area (Å²) in [5.41, 5.74) is 3.24. The molecule has 0 saturated heterocycles. The number of esters is 1. The second-order valence-corrected chi connectivity index (χ2v) is 10.7. The fourth-order valence-corrected chi connectivity index (χ4v) is 5.37. The lowest BCUT2D eigenvalue weighted by Gasteiger charge is -2.45. The highest BCUT2D eigenvalue weighted by Crippen LogP contribution is 2.46. The predicted molar refractivity (Wildman–Crippen MR) is 135 cm³/mol. The summed E-state index contributed by atoms with van der Waals surface area (Å²) in [6, 6.07) is 17.6. The van der Waals surface area contributed by atoms with Crippen LogP contribution in [0.1, 0.15) is 74.4 Å². The van der Waals surface area contributed by atoms with Gasteiger partial charge in [-0.25, -0.2) is 4.79 Å². The standard InChI is InChI=1S/C29H36N2O3/c1-28(2,3)24-16-18-29(19-17-24)30-25(15-12-21-8-6-5-7-9-21)26(32)31(29)20-22-10-13-23(14-11-22)27(33)34-4/h5-11,13-14,24H,12,15-20H2,1-4H3. The van der Waals surface area contributed by atoms with E-state index in [1.807, 2.05) is 35.2 Å². The summed E-state index contributed by atoms with van der Waals surface area (Å²) in [4.78, 5) is 32.6. The molecule has 4 rings (SSSR count). The molecule has 1 heterocycles. The normalized spacial score (nSPS) is 22.7. The third-order valence-corrected chi connectivity index (χ3v) is 7.56. The zero-order chi connectivity index (χ0) is 24.3. The summed E-state index contributed by atoms with van der Waals surface area (Å²) in [6.07, 6.45) is 5.42. The second kappa shape index (κ2) is 9.73. The molecule has 180 valence electrons. The summed E-state index contributed by atoms with van der Waals surface area (Å²) in [7, 11) is 1.38. The molecule has 0 bridgehead atoms. The summed E-state index contributed by atoms with van der Waals surface area (Å²) in [6.45, 7) is 7.43. The molecule has 5 nitrogen and oxygen atoms in total. The number of carbonyl (C=O) groups excluding carboxylic acids is 2. The lowest BCUT2D eigenvalue weighted by molar-refractivity contribution is -0.130. The third kappa shape index (κ3) is 5.08. The first-order valence-corrected chi connectivity index (χ1v) is 12.3. The van der Waals surface area contributed by atoms with E-state index >= 15 is 0 Å². The van der Waals surface area contributed by atoms with Crippen molar-refractivity contribution in [2.75, 3.05) is 7.11 Å². The van der Waals surface area contributed by atoms with E-state index in [4.69, 9.17) is 9.73 Å². The maximum Gasteiger partial charge on any atom is 0.337 e. The van der Waals surface area contributed by atoms with E-state index < -0.39 is 5.66 Å². The maximum atomic E-state index is 13.6. The summed E-state index contributed by atoms with van der Waals surface area (Å²) < 4.78 is 4.81. The molecule has 0 aromatic heterocycles. The lowest BCUT2D eigenvalue weighted by atomic mass is 9.69. The van der Waals surface area contributed by atoms with E-state index in [1.54, 1.807) is 12.1 Å². The van der Waals surface area contributed by atoms with Crippen LogP contribution in [-0.4, -0.2) is 35.3 Å². The second-order valence-electron chi connectivity index (χ2n) is 10.7. The average Bonchev–Trinajstić information content (AvgIpc) is 3.08. The Morgan fingerprint density at radius 3 is 2.24 bits per heavy atom. The molecule has 1 fully saturated rings. The minimum absolute atomic E-state index is 0.0576. The molecule has 2 aliphatic rings. The van der Waals surface area contributed by atoms with Gasteiger partial charge >= 0.3 is 5.97 Å². The smallest absolute Gasteiger partial charge is 0.337 e. The minimum atomic E-state index is -0.453. The Bertz CT molecular complexity index is 1040. The number of benzene rings is 2. The van der Waals surface area contributed by atoms with Gasteiger partial charge in [0.2, 0.25) is 0 Å². The van der Waals surface area contributed by atoms with Gasteiger partial charge in [-0.15, -0.1) is 0 Å². The molecule has 2 aromatic rings. The molecule has 0 radical (unpaired) electrons. The van der Waals surface area contributed by atoms with Gasteiger partial charge in [-0.05, 0) is 73.1 Å². The van der Waals surface area contributed by atoms with Gasteiger partial charge in [-0.2, -0.15) is 0 Å². The summed E-state index contributed by atoms with van der Waals surface area (Å²) >= 11 is 0. The van der Waals surface area contributed by atoms with Gasteiger partial charge in [-0.3, -0.25) is 9.79 Å². The minimum Gasteiger partial charge on any atom is -0.465 e. The molecule has 1 amide bonds. The lowest BCUT2D eigenvalue weighted by Crippen LogP contribution is -2.49. The van der Waals surface area contributed by atoms with Gasteiger partial charge in [-0.1, -0.05) is 63.2 Å². The first-order valence-electron chi connectivity index (χ1n) is 12.3. The molecule has 0 atom stereocenters. The van der Waals surface area contributed by atoms with E-state index in [0.717, 1.165) is 37.7 Å². The topological polar surface area (TPSA) is 59.0 Å². The Morgan fingerprint density at radius 2 is 1.65 bits per heavy atom. The molecule has 5 heteroatoms. The van der Waals surface area contributed by atoms with E-state index in [-0.39, 0.29) is 17.3 Å². The van der Waals surface area contributed by atoms with E-state index in [2.05, 4.69) is 32.9 Å². The van der Waals surface area contributed by atoms with Crippen molar-refractivity contribution in [1.29, 1.82) is 0 Å². The van der Waals surface area contributed by atoms with Crippen LogP contribution in [0.2, 0.25) is 0 Å². The van der Waals surface area contributed by atoms with Crippen LogP contribution < -0.4 is 0 Å². The number of rotatable bonds is 6. The fraction of sp³-hybridized carbons (Fsp3) is 0.483.